The lowest BCUT2D eigenvalue weighted by atomic mass is 10.1. The van der Waals surface area contributed by atoms with Crippen molar-refractivity contribution in [1.29, 1.82) is 0 Å². The minimum atomic E-state index is -3.68. The van der Waals surface area contributed by atoms with E-state index in [2.05, 4.69) is 17.4 Å². The quantitative estimate of drug-likeness (QED) is 0.645. The Morgan fingerprint density at radius 3 is 2.21 bits per heavy atom. The van der Waals surface area contributed by atoms with Gasteiger partial charge in [-0.25, -0.2) is 13.6 Å². The van der Waals surface area contributed by atoms with Gasteiger partial charge in [-0.1, -0.05) is 24.3 Å². The van der Waals surface area contributed by atoms with Crippen LogP contribution >= 0.6 is 0 Å². The minimum absolute atomic E-state index is 0.0596. The van der Waals surface area contributed by atoms with Crippen LogP contribution in [-0.4, -0.2) is 46.5 Å². The first-order chi connectivity index (χ1) is 13.6. The highest BCUT2D eigenvalue weighted by Gasteiger charge is 2.11. The molecule has 0 fully saturated rings. The first-order valence-electron chi connectivity index (χ1n) is 9.31. The molecule has 3 N–H and O–H groups in total. The average molecular weight is 420 g/mol. The summed E-state index contributed by atoms with van der Waals surface area (Å²) in [5.41, 5.74) is 4.21. The van der Waals surface area contributed by atoms with Gasteiger partial charge in [-0.2, -0.15) is 0 Å². The van der Waals surface area contributed by atoms with Gasteiger partial charge in [0.2, 0.25) is 15.9 Å². The zero-order valence-corrected chi connectivity index (χ0v) is 18.2. The summed E-state index contributed by atoms with van der Waals surface area (Å²) >= 11 is 0. The molecule has 2 aromatic carbocycles. The molecule has 0 aliphatic rings. The molecule has 0 radical (unpaired) electrons. The molecule has 158 valence electrons. The van der Waals surface area contributed by atoms with Crippen LogP contribution in [0, 0.1) is 13.8 Å². The van der Waals surface area contributed by atoms with E-state index in [0.29, 0.717) is 19.5 Å². The molecule has 8 heteroatoms. The maximum absolute atomic E-state index is 12.2. The molecule has 0 aliphatic heterocycles. The second kappa shape index (κ2) is 9.87. The Hall–Kier alpha value is -2.42. The lowest BCUT2D eigenvalue weighted by molar-refractivity contribution is -0.122. The normalized spacial score (nSPS) is 11.5. The van der Waals surface area contributed by atoms with Crippen LogP contribution in [0.3, 0.4) is 0 Å². The molecule has 0 aliphatic carbocycles. The standard InChI is InChI=1S/C21H29N3O4S/c1-15-11-18(12-16(2)21(15)28-4)13-24(3)14-20(25)23-10-9-17-5-7-19(8-6-17)29(22,26)27/h5-8,11-12H,9-10,13-14H2,1-4H3,(H,23,25)(H2,22,26,27). The maximum atomic E-state index is 12.2. The summed E-state index contributed by atoms with van der Waals surface area (Å²) < 4.78 is 27.9. The predicted octanol–water partition coefficient (Wildman–Crippen LogP) is 1.75. The smallest absolute Gasteiger partial charge is 0.238 e. The highest BCUT2D eigenvalue weighted by Crippen LogP contribution is 2.24. The molecule has 0 saturated heterocycles. The Kier molecular flexibility index (Phi) is 7.78. The van der Waals surface area contributed by atoms with E-state index in [9.17, 15) is 13.2 Å². The van der Waals surface area contributed by atoms with Crippen LogP contribution in [0.15, 0.2) is 41.3 Å². The third-order valence-corrected chi connectivity index (χ3v) is 5.51. The monoisotopic (exact) mass is 419 g/mol. The number of hydrogen-bond donors (Lipinski definition) is 2. The number of methoxy groups -OCH3 is 1. The van der Waals surface area contributed by atoms with Crippen LogP contribution in [0.5, 0.6) is 5.75 Å². The predicted molar refractivity (Wildman–Crippen MR) is 113 cm³/mol. The summed E-state index contributed by atoms with van der Waals surface area (Å²) in [6, 6.07) is 10.5. The average Bonchev–Trinajstić information content (AvgIpc) is 2.61. The fourth-order valence-corrected chi connectivity index (χ4v) is 3.83. The molecule has 1 amide bonds. The number of ether oxygens (including phenoxy) is 1. The number of amides is 1. The van der Waals surface area contributed by atoms with Crippen molar-refractivity contribution in [2.45, 2.75) is 31.7 Å². The SMILES string of the molecule is COc1c(C)cc(CN(C)CC(=O)NCCc2ccc(S(N)(=O)=O)cc2)cc1C. The fraction of sp³-hybridized carbons (Fsp3) is 0.381. The molecular weight excluding hydrogens is 390 g/mol. The van der Waals surface area contributed by atoms with E-state index in [1.165, 1.54) is 12.1 Å². The number of benzene rings is 2. The van der Waals surface area contributed by atoms with Gasteiger partial charge in [-0.15, -0.1) is 0 Å². The summed E-state index contributed by atoms with van der Waals surface area (Å²) in [5, 5.41) is 7.97. The number of hydrogen-bond acceptors (Lipinski definition) is 5. The van der Waals surface area contributed by atoms with Crippen LogP contribution in [-0.2, 0) is 27.8 Å². The number of rotatable bonds is 9. The molecular formula is C21H29N3O4S. The van der Waals surface area contributed by atoms with E-state index in [1.54, 1.807) is 19.2 Å². The Balaban J connectivity index is 1.80. The number of likely N-dealkylation sites (N-methyl/N-ethyl adjacent to an activating group) is 1. The Bertz CT molecular complexity index is 933. The van der Waals surface area contributed by atoms with Gasteiger partial charge < -0.3 is 10.1 Å². The molecule has 0 bridgehead atoms. The number of aryl methyl sites for hydroxylation is 2. The molecule has 0 saturated carbocycles. The van der Waals surface area contributed by atoms with Gasteiger partial charge in [0.1, 0.15) is 5.75 Å². The summed E-state index contributed by atoms with van der Waals surface area (Å²) in [7, 11) is -0.115. The van der Waals surface area contributed by atoms with Gasteiger partial charge in [-0.05, 0) is 61.7 Å². The lowest BCUT2D eigenvalue weighted by Crippen LogP contribution is -2.35. The van der Waals surface area contributed by atoms with Crippen molar-refractivity contribution in [1.82, 2.24) is 10.2 Å². The zero-order chi connectivity index (χ0) is 21.6. The van der Waals surface area contributed by atoms with Crippen LogP contribution < -0.4 is 15.2 Å². The Labute approximate surface area is 172 Å². The Morgan fingerprint density at radius 1 is 1.10 bits per heavy atom. The molecule has 0 unspecified atom stereocenters. The second-order valence-corrected chi connectivity index (χ2v) is 8.79. The molecule has 0 atom stereocenters. The van der Waals surface area contributed by atoms with Crippen LogP contribution in [0.25, 0.3) is 0 Å². The number of nitrogens with one attached hydrogen (secondary N) is 1. The number of carbonyl (C=O) groups excluding carboxylic acids is 1. The fourth-order valence-electron chi connectivity index (χ4n) is 3.31. The molecule has 29 heavy (non-hydrogen) atoms. The number of sulfonamides is 1. The van der Waals surface area contributed by atoms with E-state index in [0.717, 1.165) is 28.0 Å². The lowest BCUT2D eigenvalue weighted by Gasteiger charge is -2.18. The van der Waals surface area contributed by atoms with E-state index in [4.69, 9.17) is 9.88 Å². The number of nitrogens with two attached hydrogens (primary N) is 1. The van der Waals surface area contributed by atoms with Crippen molar-refractivity contribution in [3.63, 3.8) is 0 Å². The van der Waals surface area contributed by atoms with Crippen molar-refractivity contribution in [2.24, 2.45) is 5.14 Å². The van der Waals surface area contributed by atoms with Gasteiger partial charge in [0.25, 0.3) is 0 Å². The summed E-state index contributed by atoms with van der Waals surface area (Å²) in [4.78, 5) is 14.2. The van der Waals surface area contributed by atoms with Crippen molar-refractivity contribution in [2.75, 3.05) is 27.2 Å². The molecule has 2 rings (SSSR count). The van der Waals surface area contributed by atoms with Crippen molar-refractivity contribution in [3.8, 4) is 5.75 Å². The first-order valence-corrected chi connectivity index (χ1v) is 10.9. The van der Waals surface area contributed by atoms with Gasteiger partial charge >= 0.3 is 0 Å². The number of carbonyl (C=O) groups is 1. The van der Waals surface area contributed by atoms with Crippen LogP contribution in [0.1, 0.15) is 22.3 Å². The van der Waals surface area contributed by atoms with Gasteiger partial charge in [0.15, 0.2) is 0 Å². The second-order valence-electron chi connectivity index (χ2n) is 7.22. The number of nitrogens with zero attached hydrogens (tertiary/aromatic N) is 1. The third-order valence-electron chi connectivity index (χ3n) is 4.58. The van der Waals surface area contributed by atoms with Gasteiger partial charge in [0.05, 0.1) is 18.6 Å². The van der Waals surface area contributed by atoms with Crippen molar-refractivity contribution < 1.29 is 17.9 Å². The minimum Gasteiger partial charge on any atom is -0.496 e. The largest absolute Gasteiger partial charge is 0.496 e. The van der Waals surface area contributed by atoms with Crippen LogP contribution in [0.2, 0.25) is 0 Å². The third kappa shape index (κ3) is 6.85. The van der Waals surface area contributed by atoms with Crippen molar-refractivity contribution in [3.05, 3.63) is 58.7 Å². The Morgan fingerprint density at radius 2 is 1.69 bits per heavy atom. The topological polar surface area (TPSA) is 102 Å². The molecule has 0 aromatic heterocycles. The molecule has 0 heterocycles. The summed E-state index contributed by atoms with van der Waals surface area (Å²) in [5.74, 6) is 0.835. The number of primary sulfonamides is 1. The zero-order valence-electron chi connectivity index (χ0n) is 17.4. The van der Waals surface area contributed by atoms with Crippen LogP contribution in [0.4, 0.5) is 0 Å². The van der Waals surface area contributed by atoms with Gasteiger partial charge in [-0.3, -0.25) is 9.69 Å². The highest BCUT2D eigenvalue weighted by atomic mass is 32.2. The maximum Gasteiger partial charge on any atom is 0.238 e. The van der Waals surface area contributed by atoms with Crippen molar-refractivity contribution >= 4 is 15.9 Å². The summed E-state index contributed by atoms with van der Waals surface area (Å²) in [6.45, 7) is 5.44. The summed E-state index contributed by atoms with van der Waals surface area (Å²) in [6.07, 6.45) is 0.608. The van der Waals surface area contributed by atoms with E-state index in [1.807, 2.05) is 25.8 Å². The van der Waals surface area contributed by atoms with E-state index in [-0.39, 0.29) is 17.3 Å². The van der Waals surface area contributed by atoms with Gasteiger partial charge in [0, 0.05) is 13.1 Å². The molecule has 7 nitrogen and oxygen atoms in total. The molecule has 2 aromatic rings. The van der Waals surface area contributed by atoms with E-state index >= 15 is 0 Å². The highest BCUT2D eigenvalue weighted by molar-refractivity contribution is 7.89. The first kappa shape index (κ1) is 22.9. The van der Waals surface area contributed by atoms with E-state index < -0.39 is 10.0 Å². The molecule has 0 spiro atoms.